The van der Waals surface area contributed by atoms with Crippen LogP contribution in [0, 0.1) is 0 Å². The first-order chi connectivity index (χ1) is 10.2. The van der Waals surface area contributed by atoms with E-state index in [0.717, 1.165) is 16.3 Å². The molecule has 2 N–H and O–H groups in total. The molecule has 0 radical (unpaired) electrons. The lowest BCUT2D eigenvalue weighted by atomic mass is 10.1. The Morgan fingerprint density at radius 1 is 1.52 bits per heavy atom. The second-order valence-electron chi connectivity index (χ2n) is 4.74. The van der Waals surface area contributed by atoms with Gasteiger partial charge in [0.2, 0.25) is 5.95 Å². The monoisotopic (exact) mass is 305 g/mol. The second kappa shape index (κ2) is 5.74. The Labute approximate surface area is 125 Å². The minimum atomic E-state index is -0.0731. The molecule has 0 fully saturated rings. The summed E-state index contributed by atoms with van der Waals surface area (Å²) >= 11 is 1.43. The van der Waals surface area contributed by atoms with E-state index in [4.69, 9.17) is 10.5 Å². The zero-order valence-corrected chi connectivity index (χ0v) is 12.4. The summed E-state index contributed by atoms with van der Waals surface area (Å²) in [6, 6.07) is 0. The van der Waals surface area contributed by atoms with Gasteiger partial charge < -0.3 is 15.4 Å². The van der Waals surface area contributed by atoms with Crippen molar-refractivity contribution in [3.05, 3.63) is 33.5 Å². The number of rotatable bonds is 3. The third kappa shape index (κ3) is 2.86. The number of nitrogen functional groups attached to an aromatic ring is 1. The average Bonchev–Trinajstić information content (AvgIpc) is 2.95. The summed E-state index contributed by atoms with van der Waals surface area (Å²) in [5.41, 5.74) is 7.90. The number of aromatic nitrogens is 3. The number of nitrogens with zero attached hydrogens (tertiary/aromatic N) is 4. The topological polar surface area (TPSA) is 94.2 Å². The lowest BCUT2D eigenvalue weighted by Gasteiger charge is -2.27. The van der Waals surface area contributed by atoms with Gasteiger partial charge in [0.25, 0.3) is 5.91 Å². The van der Waals surface area contributed by atoms with Gasteiger partial charge in [0, 0.05) is 43.8 Å². The number of methoxy groups -OCH3 is 1. The SMILES string of the molecule is COCc1nc(C(=O)N2CCc3nc(N)ncc3C2)cs1. The molecule has 21 heavy (non-hydrogen) atoms. The minimum absolute atomic E-state index is 0.0731. The molecule has 8 heteroatoms. The van der Waals surface area contributed by atoms with Crippen LogP contribution in [0.15, 0.2) is 11.6 Å². The lowest BCUT2D eigenvalue weighted by molar-refractivity contribution is 0.0727. The van der Waals surface area contributed by atoms with E-state index in [1.807, 2.05) is 0 Å². The molecule has 2 aromatic rings. The van der Waals surface area contributed by atoms with E-state index >= 15 is 0 Å². The largest absolute Gasteiger partial charge is 0.378 e. The van der Waals surface area contributed by atoms with Crippen LogP contribution in [0.2, 0.25) is 0 Å². The number of fused-ring (bicyclic) bond motifs is 1. The highest BCUT2D eigenvalue weighted by molar-refractivity contribution is 7.09. The van der Waals surface area contributed by atoms with Crippen LogP contribution < -0.4 is 5.73 Å². The van der Waals surface area contributed by atoms with E-state index < -0.39 is 0 Å². The molecule has 1 amide bonds. The van der Waals surface area contributed by atoms with E-state index in [9.17, 15) is 4.79 Å². The fourth-order valence-electron chi connectivity index (χ4n) is 2.27. The van der Waals surface area contributed by atoms with Crippen LogP contribution in [0.1, 0.15) is 26.8 Å². The average molecular weight is 305 g/mol. The van der Waals surface area contributed by atoms with E-state index in [-0.39, 0.29) is 11.9 Å². The number of hydrogen-bond donors (Lipinski definition) is 1. The maximum absolute atomic E-state index is 12.5. The predicted molar refractivity (Wildman–Crippen MR) is 77.7 cm³/mol. The molecule has 2 aromatic heterocycles. The van der Waals surface area contributed by atoms with E-state index in [1.165, 1.54) is 11.3 Å². The number of carbonyl (C=O) groups is 1. The smallest absolute Gasteiger partial charge is 0.273 e. The van der Waals surface area contributed by atoms with Crippen molar-refractivity contribution in [3.63, 3.8) is 0 Å². The van der Waals surface area contributed by atoms with Crippen LogP contribution in [0.3, 0.4) is 0 Å². The van der Waals surface area contributed by atoms with Crippen molar-refractivity contribution in [3.8, 4) is 0 Å². The number of hydrogen-bond acceptors (Lipinski definition) is 7. The third-order valence-corrected chi connectivity index (χ3v) is 4.10. The number of anilines is 1. The van der Waals surface area contributed by atoms with Crippen molar-refractivity contribution in [1.29, 1.82) is 0 Å². The standard InChI is InChI=1S/C13H15N5O2S/c1-20-6-11-16-10(7-21-11)12(19)18-3-2-9-8(5-18)4-15-13(14)17-9/h4,7H,2-3,5-6H2,1H3,(H2,14,15,17). The van der Waals surface area contributed by atoms with Crippen LogP contribution >= 0.6 is 11.3 Å². The first-order valence-corrected chi connectivity index (χ1v) is 7.38. The molecular weight excluding hydrogens is 290 g/mol. The van der Waals surface area contributed by atoms with Gasteiger partial charge in [0.1, 0.15) is 10.7 Å². The summed E-state index contributed by atoms with van der Waals surface area (Å²) in [5.74, 6) is 0.202. The molecule has 0 unspecified atom stereocenters. The Morgan fingerprint density at radius 2 is 2.38 bits per heavy atom. The van der Waals surface area contributed by atoms with Crippen molar-refractivity contribution in [2.24, 2.45) is 0 Å². The number of carbonyl (C=O) groups excluding carboxylic acids is 1. The van der Waals surface area contributed by atoms with Gasteiger partial charge in [-0.3, -0.25) is 4.79 Å². The molecule has 0 bridgehead atoms. The number of nitrogens with two attached hydrogens (primary N) is 1. The lowest BCUT2D eigenvalue weighted by Crippen LogP contribution is -2.36. The van der Waals surface area contributed by atoms with Crippen LogP contribution in [0.25, 0.3) is 0 Å². The van der Waals surface area contributed by atoms with Crippen LogP contribution in [-0.2, 0) is 24.3 Å². The van der Waals surface area contributed by atoms with Gasteiger partial charge in [0.15, 0.2) is 0 Å². The fourth-order valence-corrected chi connectivity index (χ4v) is 3.00. The van der Waals surface area contributed by atoms with Crippen molar-refractivity contribution in [2.45, 2.75) is 19.6 Å². The Hall–Kier alpha value is -2.06. The molecule has 1 aliphatic heterocycles. The summed E-state index contributed by atoms with van der Waals surface area (Å²) in [6.45, 7) is 1.53. The van der Waals surface area contributed by atoms with Crippen LogP contribution in [-0.4, -0.2) is 39.4 Å². The number of ether oxygens (including phenoxy) is 1. The number of amides is 1. The predicted octanol–water partition coefficient (Wildman–Crippen LogP) is 0.860. The number of thiazole rings is 1. The summed E-state index contributed by atoms with van der Waals surface area (Å²) in [5, 5.41) is 2.57. The molecule has 0 atom stereocenters. The van der Waals surface area contributed by atoms with Crippen LogP contribution in [0.5, 0.6) is 0 Å². The normalized spacial score (nSPS) is 14.0. The molecule has 3 rings (SSSR count). The molecular formula is C13H15N5O2S. The molecule has 1 aliphatic rings. The molecule has 110 valence electrons. The molecule has 7 nitrogen and oxygen atoms in total. The summed E-state index contributed by atoms with van der Waals surface area (Å²) in [6.07, 6.45) is 2.37. The first-order valence-electron chi connectivity index (χ1n) is 6.50. The van der Waals surface area contributed by atoms with E-state index in [0.29, 0.717) is 31.8 Å². The second-order valence-corrected chi connectivity index (χ2v) is 5.68. The van der Waals surface area contributed by atoms with Gasteiger partial charge in [-0.2, -0.15) is 0 Å². The zero-order chi connectivity index (χ0) is 14.8. The van der Waals surface area contributed by atoms with E-state index in [2.05, 4.69) is 15.0 Å². The van der Waals surface area contributed by atoms with Gasteiger partial charge in [-0.05, 0) is 0 Å². The summed E-state index contributed by atoms with van der Waals surface area (Å²) in [4.78, 5) is 26.7. The molecule has 3 heterocycles. The first kappa shape index (κ1) is 13.9. The fraction of sp³-hybridized carbons (Fsp3) is 0.385. The zero-order valence-electron chi connectivity index (χ0n) is 11.6. The van der Waals surface area contributed by atoms with Gasteiger partial charge in [-0.25, -0.2) is 15.0 Å². The van der Waals surface area contributed by atoms with E-state index in [1.54, 1.807) is 23.6 Å². The molecule has 0 spiro atoms. The quantitative estimate of drug-likeness (QED) is 0.904. The maximum Gasteiger partial charge on any atom is 0.273 e. The summed E-state index contributed by atoms with van der Waals surface area (Å²) < 4.78 is 5.02. The molecule has 0 aliphatic carbocycles. The minimum Gasteiger partial charge on any atom is -0.378 e. The Kier molecular flexibility index (Phi) is 3.80. The summed E-state index contributed by atoms with van der Waals surface area (Å²) in [7, 11) is 1.61. The Balaban J connectivity index is 1.75. The van der Waals surface area contributed by atoms with Crippen molar-refractivity contribution >= 4 is 23.2 Å². The third-order valence-electron chi connectivity index (χ3n) is 3.28. The van der Waals surface area contributed by atoms with Gasteiger partial charge in [0.05, 0.1) is 12.3 Å². The van der Waals surface area contributed by atoms with Gasteiger partial charge in [-0.15, -0.1) is 11.3 Å². The van der Waals surface area contributed by atoms with Gasteiger partial charge in [-0.1, -0.05) is 0 Å². The highest BCUT2D eigenvalue weighted by Gasteiger charge is 2.24. The highest BCUT2D eigenvalue weighted by atomic mass is 32.1. The Morgan fingerprint density at radius 3 is 3.19 bits per heavy atom. The maximum atomic E-state index is 12.5. The Bertz CT molecular complexity index is 672. The van der Waals surface area contributed by atoms with Gasteiger partial charge >= 0.3 is 0 Å². The van der Waals surface area contributed by atoms with Crippen LogP contribution in [0.4, 0.5) is 5.95 Å². The van der Waals surface area contributed by atoms with Crippen molar-refractivity contribution < 1.29 is 9.53 Å². The van der Waals surface area contributed by atoms with Crippen molar-refractivity contribution in [1.82, 2.24) is 19.9 Å². The molecule has 0 aromatic carbocycles. The highest BCUT2D eigenvalue weighted by Crippen LogP contribution is 2.20. The molecule has 0 saturated heterocycles. The molecule has 0 saturated carbocycles. The van der Waals surface area contributed by atoms with Crippen molar-refractivity contribution in [2.75, 3.05) is 19.4 Å².